The van der Waals surface area contributed by atoms with Crippen LogP contribution >= 0.6 is 11.3 Å². The SMILES string of the molecule is CCOC(=O)Cc1cc(N2CCOCC2)nc(Nc2nc(C)c(C(=O)O)s2)n1. The van der Waals surface area contributed by atoms with Crippen LogP contribution in [0.1, 0.15) is 28.0 Å². The lowest BCUT2D eigenvalue weighted by molar-refractivity contribution is -0.142. The number of thiazole rings is 1. The van der Waals surface area contributed by atoms with Crippen molar-refractivity contribution in [1.29, 1.82) is 0 Å². The molecule has 3 heterocycles. The van der Waals surface area contributed by atoms with E-state index in [1.807, 2.05) is 4.90 Å². The predicted octanol–water partition coefficient (Wildman–Crippen LogP) is 1.63. The summed E-state index contributed by atoms with van der Waals surface area (Å²) in [5.41, 5.74) is 0.917. The van der Waals surface area contributed by atoms with E-state index in [1.165, 1.54) is 0 Å². The molecule has 11 heteroatoms. The molecule has 2 N–H and O–H groups in total. The first kappa shape index (κ1) is 20.0. The zero-order valence-electron chi connectivity index (χ0n) is 15.6. The second kappa shape index (κ2) is 8.93. The Morgan fingerprint density at radius 2 is 2.07 bits per heavy atom. The monoisotopic (exact) mass is 407 g/mol. The number of aryl methyl sites for hydroxylation is 1. The zero-order chi connectivity index (χ0) is 20.1. The molecule has 1 aliphatic heterocycles. The Morgan fingerprint density at radius 3 is 2.71 bits per heavy atom. The summed E-state index contributed by atoms with van der Waals surface area (Å²) >= 11 is 1.00. The Kier molecular flexibility index (Phi) is 6.37. The molecule has 1 fully saturated rings. The Bertz CT molecular complexity index is 866. The average Bonchev–Trinajstić information content (AvgIpc) is 3.03. The van der Waals surface area contributed by atoms with E-state index < -0.39 is 5.97 Å². The molecular formula is C17H21N5O5S. The third-order valence-corrected chi connectivity index (χ3v) is 5.00. The van der Waals surface area contributed by atoms with E-state index in [0.717, 1.165) is 11.3 Å². The van der Waals surface area contributed by atoms with Gasteiger partial charge in [0, 0.05) is 19.2 Å². The van der Waals surface area contributed by atoms with Crippen LogP contribution in [0, 0.1) is 6.92 Å². The molecule has 2 aromatic heterocycles. The van der Waals surface area contributed by atoms with Crippen LogP contribution in [0.2, 0.25) is 0 Å². The van der Waals surface area contributed by atoms with Gasteiger partial charge in [-0.05, 0) is 13.8 Å². The topological polar surface area (TPSA) is 127 Å². The summed E-state index contributed by atoms with van der Waals surface area (Å²) in [5.74, 6) is -0.506. The van der Waals surface area contributed by atoms with Crippen LogP contribution in [0.5, 0.6) is 0 Å². The first-order chi connectivity index (χ1) is 13.5. The summed E-state index contributed by atoms with van der Waals surface area (Å²) < 4.78 is 10.4. The smallest absolute Gasteiger partial charge is 0.347 e. The van der Waals surface area contributed by atoms with E-state index in [9.17, 15) is 14.7 Å². The molecule has 10 nitrogen and oxygen atoms in total. The van der Waals surface area contributed by atoms with E-state index in [-0.39, 0.29) is 23.2 Å². The van der Waals surface area contributed by atoms with Gasteiger partial charge in [-0.3, -0.25) is 10.1 Å². The van der Waals surface area contributed by atoms with Crippen molar-refractivity contribution < 1.29 is 24.2 Å². The van der Waals surface area contributed by atoms with Gasteiger partial charge in [0.15, 0.2) is 5.13 Å². The van der Waals surface area contributed by atoms with Crippen molar-refractivity contribution in [2.45, 2.75) is 20.3 Å². The summed E-state index contributed by atoms with van der Waals surface area (Å²) in [7, 11) is 0. The van der Waals surface area contributed by atoms with E-state index in [4.69, 9.17) is 9.47 Å². The Labute approximate surface area is 165 Å². The average molecular weight is 407 g/mol. The predicted molar refractivity (Wildman–Crippen MR) is 102 cm³/mol. The minimum atomic E-state index is -1.03. The van der Waals surface area contributed by atoms with E-state index in [2.05, 4.69) is 20.3 Å². The van der Waals surface area contributed by atoms with Crippen molar-refractivity contribution in [1.82, 2.24) is 15.0 Å². The van der Waals surface area contributed by atoms with Crippen molar-refractivity contribution >= 4 is 40.2 Å². The van der Waals surface area contributed by atoms with Crippen LogP contribution in [-0.4, -0.2) is 64.9 Å². The van der Waals surface area contributed by atoms with Gasteiger partial charge < -0.3 is 19.5 Å². The summed E-state index contributed by atoms with van der Waals surface area (Å²) in [5, 5.41) is 12.5. The van der Waals surface area contributed by atoms with Gasteiger partial charge in [0.2, 0.25) is 5.95 Å². The lowest BCUT2D eigenvalue weighted by atomic mass is 10.2. The Balaban J connectivity index is 1.88. The number of aromatic carboxylic acids is 1. The van der Waals surface area contributed by atoms with Gasteiger partial charge in [0.05, 0.1) is 37.6 Å². The molecule has 0 bridgehead atoms. The number of aromatic nitrogens is 3. The van der Waals surface area contributed by atoms with Crippen LogP contribution in [-0.2, 0) is 20.7 Å². The molecule has 0 unspecified atom stereocenters. The highest BCUT2D eigenvalue weighted by Gasteiger charge is 2.19. The quantitative estimate of drug-likeness (QED) is 0.654. The molecule has 1 saturated heterocycles. The number of carboxylic acid groups (broad SMARTS) is 1. The molecule has 0 saturated carbocycles. The van der Waals surface area contributed by atoms with Crippen LogP contribution < -0.4 is 10.2 Å². The fourth-order valence-electron chi connectivity index (χ4n) is 2.69. The summed E-state index contributed by atoms with van der Waals surface area (Å²) in [6.07, 6.45) is 0.0135. The minimum absolute atomic E-state index is 0.0135. The van der Waals surface area contributed by atoms with Gasteiger partial charge in [-0.2, -0.15) is 4.98 Å². The first-order valence-electron chi connectivity index (χ1n) is 8.80. The number of hydrogen-bond donors (Lipinski definition) is 2. The molecule has 0 radical (unpaired) electrons. The van der Waals surface area contributed by atoms with E-state index in [1.54, 1.807) is 19.9 Å². The molecule has 0 atom stereocenters. The maximum atomic E-state index is 11.9. The largest absolute Gasteiger partial charge is 0.477 e. The molecule has 150 valence electrons. The van der Waals surface area contributed by atoms with Crippen LogP contribution in [0.15, 0.2) is 6.07 Å². The van der Waals surface area contributed by atoms with Crippen molar-refractivity contribution in [3.63, 3.8) is 0 Å². The lowest BCUT2D eigenvalue weighted by Gasteiger charge is -2.28. The minimum Gasteiger partial charge on any atom is -0.477 e. The van der Waals surface area contributed by atoms with Gasteiger partial charge in [-0.15, -0.1) is 0 Å². The number of morpholine rings is 1. The number of nitrogens with zero attached hydrogens (tertiary/aromatic N) is 4. The van der Waals surface area contributed by atoms with Gasteiger partial charge in [-0.1, -0.05) is 11.3 Å². The third kappa shape index (κ3) is 4.93. The van der Waals surface area contributed by atoms with E-state index >= 15 is 0 Å². The first-order valence-corrected chi connectivity index (χ1v) is 9.62. The number of carbonyl (C=O) groups excluding carboxylic acids is 1. The summed E-state index contributed by atoms with van der Waals surface area (Å²) in [6.45, 7) is 6.20. The fourth-order valence-corrected chi connectivity index (χ4v) is 3.49. The van der Waals surface area contributed by atoms with Gasteiger partial charge in [0.25, 0.3) is 0 Å². The molecule has 0 aliphatic carbocycles. The number of ether oxygens (including phenoxy) is 2. The molecule has 2 aromatic rings. The van der Waals surface area contributed by atoms with Crippen LogP contribution in [0.25, 0.3) is 0 Å². The maximum absolute atomic E-state index is 11.9. The molecule has 0 amide bonds. The van der Waals surface area contributed by atoms with Gasteiger partial charge in [-0.25, -0.2) is 14.8 Å². The number of esters is 1. The number of anilines is 3. The maximum Gasteiger partial charge on any atom is 0.347 e. The van der Waals surface area contributed by atoms with Gasteiger partial charge in [0.1, 0.15) is 10.7 Å². The summed E-state index contributed by atoms with van der Waals surface area (Å²) in [6, 6.07) is 1.75. The highest BCUT2D eigenvalue weighted by atomic mass is 32.1. The highest BCUT2D eigenvalue weighted by Crippen LogP contribution is 2.26. The number of hydrogen-bond acceptors (Lipinski definition) is 10. The molecule has 28 heavy (non-hydrogen) atoms. The number of carbonyl (C=O) groups is 2. The van der Waals surface area contributed by atoms with Crippen molar-refractivity contribution in [3.8, 4) is 0 Å². The standard InChI is InChI=1S/C17H21N5O5S/c1-3-27-13(23)9-11-8-12(22-4-6-26-7-5-22)20-16(19-11)21-17-18-10(2)14(28-17)15(24)25/h8H,3-7,9H2,1-2H3,(H,24,25)(H,18,19,20,21). The number of nitrogens with one attached hydrogen (secondary N) is 1. The normalized spacial score (nSPS) is 14.0. The number of carboxylic acids is 1. The number of rotatable bonds is 7. The fraction of sp³-hybridized carbons (Fsp3) is 0.471. The molecule has 1 aliphatic rings. The lowest BCUT2D eigenvalue weighted by Crippen LogP contribution is -2.37. The molecule has 0 aromatic carbocycles. The zero-order valence-corrected chi connectivity index (χ0v) is 16.4. The highest BCUT2D eigenvalue weighted by molar-refractivity contribution is 7.17. The van der Waals surface area contributed by atoms with Crippen molar-refractivity contribution in [2.24, 2.45) is 0 Å². The second-order valence-corrected chi connectivity index (χ2v) is 6.99. The third-order valence-electron chi connectivity index (χ3n) is 3.94. The summed E-state index contributed by atoms with van der Waals surface area (Å²) in [4.78, 5) is 38.4. The van der Waals surface area contributed by atoms with Crippen LogP contribution in [0.4, 0.5) is 16.9 Å². The van der Waals surface area contributed by atoms with Crippen LogP contribution in [0.3, 0.4) is 0 Å². The molecule has 0 spiro atoms. The van der Waals surface area contributed by atoms with E-state index in [0.29, 0.717) is 55.2 Å². The van der Waals surface area contributed by atoms with Crippen molar-refractivity contribution in [2.75, 3.05) is 43.1 Å². The molecular weight excluding hydrogens is 386 g/mol. The Hall–Kier alpha value is -2.79. The Morgan fingerprint density at radius 1 is 1.32 bits per heavy atom. The second-order valence-electron chi connectivity index (χ2n) is 5.99. The molecule has 3 rings (SSSR count). The van der Waals surface area contributed by atoms with Crippen molar-refractivity contribution in [3.05, 3.63) is 22.3 Å². The van der Waals surface area contributed by atoms with Gasteiger partial charge >= 0.3 is 11.9 Å².